The predicted molar refractivity (Wildman–Crippen MR) is 60.5 cm³/mol. The maximum absolute atomic E-state index is 11.8. The Morgan fingerprint density at radius 1 is 1.38 bits per heavy atom. The molecule has 0 radical (unpaired) electrons. The second kappa shape index (κ2) is 5.68. The monoisotopic (exact) mass is 260 g/mol. The molecule has 1 aromatic carbocycles. The van der Waals surface area contributed by atoms with Gasteiger partial charge in [-0.2, -0.15) is 0 Å². The zero-order chi connectivity index (χ0) is 9.68. The van der Waals surface area contributed by atoms with Crippen LogP contribution < -0.4 is 0 Å². The third kappa shape index (κ3) is 3.33. The van der Waals surface area contributed by atoms with E-state index in [1.165, 1.54) is 0 Å². The fourth-order valence-electron chi connectivity index (χ4n) is 1.04. The molecule has 0 heterocycles. The Bertz CT molecular complexity index is 240. The van der Waals surface area contributed by atoms with E-state index >= 15 is 0 Å². The molecule has 2 atom stereocenters. The molecular formula is C10H13BrOS. The number of alkyl halides is 1. The summed E-state index contributed by atoms with van der Waals surface area (Å²) in [6.07, 6.45) is 2.00. The van der Waals surface area contributed by atoms with Gasteiger partial charge in [-0.25, -0.2) is 0 Å². The number of benzene rings is 1. The Morgan fingerprint density at radius 2 is 2.00 bits per heavy atom. The summed E-state index contributed by atoms with van der Waals surface area (Å²) in [6.45, 7) is 2.09. The molecule has 0 saturated heterocycles. The lowest BCUT2D eigenvalue weighted by atomic mass is 10.4. The van der Waals surface area contributed by atoms with Crippen LogP contribution in [0.25, 0.3) is 0 Å². The largest absolute Gasteiger partial charge is 0.611 e. The van der Waals surface area contributed by atoms with Crippen molar-refractivity contribution in [1.82, 2.24) is 0 Å². The van der Waals surface area contributed by atoms with E-state index in [0.717, 1.165) is 17.7 Å². The maximum Gasteiger partial charge on any atom is 0.174 e. The molecule has 0 aliphatic heterocycles. The number of hydrogen-bond donors (Lipinski definition) is 0. The molecule has 0 aliphatic carbocycles. The Labute approximate surface area is 90.9 Å². The summed E-state index contributed by atoms with van der Waals surface area (Å²) in [6, 6.07) is 9.57. The third-order valence-corrected chi connectivity index (χ3v) is 4.64. The van der Waals surface area contributed by atoms with Crippen LogP contribution in [0.4, 0.5) is 0 Å². The van der Waals surface area contributed by atoms with Crippen molar-refractivity contribution in [3.05, 3.63) is 30.3 Å². The first-order valence-corrected chi connectivity index (χ1v) is 6.48. The Morgan fingerprint density at radius 3 is 2.54 bits per heavy atom. The summed E-state index contributed by atoms with van der Waals surface area (Å²) in [5, 5.41) is 0. The van der Waals surface area contributed by atoms with Crippen molar-refractivity contribution in [2.75, 3.05) is 0 Å². The molecule has 0 amide bonds. The molecule has 0 spiro atoms. The minimum absolute atomic E-state index is 0.0832. The first kappa shape index (κ1) is 11.1. The Hall–Kier alpha value is 0.01000. The molecule has 1 aromatic rings. The zero-order valence-electron chi connectivity index (χ0n) is 7.57. The van der Waals surface area contributed by atoms with Crippen LogP contribution in [0.2, 0.25) is 0 Å². The molecule has 72 valence electrons. The van der Waals surface area contributed by atoms with Gasteiger partial charge in [0.2, 0.25) is 0 Å². The molecule has 0 saturated carbocycles. The van der Waals surface area contributed by atoms with E-state index < -0.39 is 11.2 Å². The van der Waals surface area contributed by atoms with Crippen LogP contribution >= 0.6 is 15.9 Å². The summed E-state index contributed by atoms with van der Waals surface area (Å²) in [4.78, 5) is 0.901. The van der Waals surface area contributed by atoms with E-state index in [1.807, 2.05) is 30.3 Å². The third-order valence-electron chi connectivity index (χ3n) is 1.72. The quantitative estimate of drug-likeness (QED) is 0.602. The fourth-order valence-corrected chi connectivity index (χ4v) is 3.31. The highest BCUT2D eigenvalue weighted by Gasteiger charge is 2.19. The molecule has 0 aliphatic rings. The van der Waals surface area contributed by atoms with Crippen LogP contribution in [0, 0.1) is 0 Å². The van der Waals surface area contributed by atoms with Crippen molar-refractivity contribution >= 4 is 27.1 Å². The van der Waals surface area contributed by atoms with Crippen molar-refractivity contribution in [2.24, 2.45) is 0 Å². The van der Waals surface area contributed by atoms with E-state index in [-0.39, 0.29) is 4.16 Å². The average molecular weight is 261 g/mol. The molecule has 1 nitrogen and oxygen atoms in total. The van der Waals surface area contributed by atoms with Gasteiger partial charge in [0.05, 0.1) is 0 Å². The van der Waals surface area contributed by atoms with E-state index in [1.54, 1.807) is 0 Å². The first-order valence-electron chi connectivity index (χ1n) is 4.35. The van der Waals surface area contributed by atoms with Crippen LogP contribution in [0.1, 0.15) is 19.8 Å². The van der Waals surface area contributed by atoms with Gasteiger partial charge < -0.3 is 4.55 Å². The summed E-state index contributed by atoms with van der Waals surface area (Å²) >= 11 is 2.53. The molecular weight excluding hydrogens is 248 g/mol. The van der Waals surface area contributed by atoms with Gasteiger partial charge >= 0.3 is 0 Å². The van der Waals surface area contributed by atoms with Crippen molar-refractivity contribution < 1.29 is 4.55 Å². The highest BCUT2D eigenvalue weighted by molar-refractivity contribution is 9.11. The normalized spacial score (nSPS) is 15.3. The van der Waals surface area contributed by atoms with E-state index in [4.69, 9.17) is 0 Å². The minimum Gasteiger partial charge on any atom is -0.611 e. The lowest BCUT2D eigenvalue weighted by molar-refractivity contribution is 0.589. The fraction of sp³-hybridized carbons (Fsp3) is 0.400. The van der Waals surface area contributed by atoms with Gasteiger partial charge in [0.15, 0.2) is 9.05 Å². The van der Waals surface area contributed by atoms with Crippen LogP contribution in [0.15, 0.2) is 35.2 Å². The first-order chi connectivity index (χ1) is 6.25. The second-order valence-corrected chi connectivity index (χ2v) is 6.16. The SMILES string of the molecule is CCCC(Br)[S+]([O-])c1ccccc1. The zero-order valence-corrected chi connectivity index (χ0v) is 9.98. The Balaban J connectivity index is 2.62. The molecule has 1 rings (SSSR count). The molecule has 0 aromatic heterocycles. The average Bonchev–Trinajstić information content (AvgIpc) is 2.18. The van der Waals surface area contributed by atoms with Crippen molar-refractivity contribution in [2.45, 2.75) is 28.8 Å². The number of hydrogen-bond acceptors (Lipinski definition) is 1. The number of halogens is 1. The molecule has 0 fully saturated rings. The van der Waals surface area contributed by atoms with Gasteiger partial charge in [0, 0.05) is 6.42 Å². The van der Waals surface area contributed by atoms with Crippen LogP contribution in [0.5, 0.6) is 0 Å². The highest BCUT2D eigenvalue weighted by Crippen LogP contribution is 2.23. The van der Waals surface area contributed by atoms with Gasteiger partial charge in [-0.1, -0.05) is 31.5 Å². The molecule has 0 bridgehead atoms. The predicted octanol–water partition coefficient (Wildman–Crippen LogP) is 3.32. The second-order valence-electron chi connectivity index (χ2n) is 2.81. The van der Waals surface area contributed by atoms with Gasteiger partial charge in [-0.15, -0.1) is 0 Å². The molecule has 2 unspecified atom stereocenters. The van der Waals surface area contributed by atoms with Gasteiger partial charge in [0.25, 0.3) is 0 Å². The summed E-state index contributed by atoms with van der Waals surface area (Å²) in [5.41, 5.74) is 0. The summed E-state index contributed by atoms with van der Waals surface area (Å²) in [5.74, 6) is 0. The molecule has 3 heteroatoms. The summed E-state index contributed by atoms with van der Waals surface area (Å²) in [7, 11) is 0. The molecule has 13 heavy (non-hydrogen) atoms. The van der Waals surface area contributed by atoms with E-state index in [9.17, 15) is 4.55 Å². The Kier molecular flexibility index (Phi) is 4.84. The lowest BCUT2D eigenvalue weighted by Crippen LogP contribution is -2.14. The van der Waals surface area contributed by atoms with Crippen molar-refractivity contribution in [1.29, 1.82) is 0 Å². The topological polar surface area (TPSA) is 23.1 Å². The van der Waals surface area contributed by atoms with Gasteiger partial charge in [-0.05, 0) is 39.2 Å². The lowest BCUT2D eigenvalue weighted by Gasteiger charge is -2.15. The van der Waals surface area contributed by atoms with Gasteiger partial charge in [-0.3, -0.25) is 0 Å². The van der Waals surface area contributed by atoms with Crippen LogP contribution in [-0.4, -0.2) is 8.71 Å². The van der Waals surface area contributed by atoms with Crippen molar-refractivity contribution in [3.8, 4) is 0 Å². The number of rotatable bonds is 4. The van der Waals surface area contributed by atoms with E-state index in [0.29, 0.717) is 0 Å². The van der Waals surface area contributed by atoms with Crippen LogP contribution in [0.3, 0.4) is 0 Å². The smallest absolute Gasteiger partial charge is 0.174 e. The minimum atomic E-state index is -0.911. The van der Waals surface area contributed by atoms with Crippen molar-refractivity contribution in [3.63, 3.8) is 0 Å². The van der Waals surface area contributed by atoms with E-state index in [2.05, 4.69) is 22.9 Å². The van der Waals surface area contributed by atoms with Gasteiger partial charge in [0.1, 0.15) is 0 Å². The highest BCUT2D eigenvalue weighted by atomic mass is 79.9. The maximum atomic E-state index is 11.8. The van der Waals surface area contributed by atoms with Crippen LogP contribution in [-0.2, 0) is 11.2 Å². The standard InChI is InChI=1S/C10H13BrOS/c1-2-6-10(11)13(12)9-7-4-3-5-8-9/h3-5,7-8,10H,2,6H2,1H3. The summed E-state index contributed by atoms with van der Waals surface area (Å²) < 4.78 is 11.9. The molecule has 0 N–H and O–H groups in total.